The molecule has 4 nitrogen and oxygen atoms in total. The molecular weight excluding hydrogens is 284 g/mol. The van der Waals surface area contributed by atoms with Crippen molar-refractivity contribution in [3.63, 3.8) is 0 Å². The molecule has 4 rings (SSSR count). The van der Waals surface area contributed by atoms with Crippen LogP contribution in [-0.4, -0.2) is 37.9 Å². The molecule has 1 aromatic carbocycles. The summed E-state index contributed by atoms with van der Waals surface area (Å²) in [4.78, 5) is 3.93. The van der Waals surface area contributed by atoms with Crippen LogP contribution in [0.4, 0.5) is 0 Å². The Bertz CT molecular complexity index is 609. The van der Waals surface area contributed by atoms with E-state index in [4.69, 9.17) is 9.47 Å². The van der Waals surface area contributed by atoms with Crippen molar-refractivity contribution in [1.82, 2.24) is 10.2 Å². The average molecular weight is 302 g/mol. The number of benzene rings is 1. The molecule has 0 bridgehead atoms. The largest absolute Gasteiger partial charge is 0.454 e. The molecule has 0 unspecified atom stereocenters. The number of hydrogen-bond acceptors (Lipinski definition) is 5. The second-order valence-electron chi connectivity index (χ2n) is 5.32. The molecule has 5 heteroatoms. The highest BCUT2D eigenvalue weighted by atomic mass is 32.1. The predicted octanol–water partition coefficient (Wildman–Crippen LogP) is 2.47. The lowest BCUT2D eigenvalue weighted by atomic mass is 10.0. The predicted molar refractivity (Wildman–Crippen MR) is 83.2 cm³/mol. The molecule has 0 amide bonds. The van der Waals surface area contributed by atoms with Gasteiger partial charge in [0.2, 0.25) is 6.79 Å². The minimum absolute atomic E-state index is 0.307. The summed E-state index contributed by atoms with van der Waals surface area (Å²) in [6.45, 7) is 4.56. The van der Waals surface area contributed by atoms with Gasteiger partial charge in [-0.15, -0.1) is 11.3 Å². The maximum Gasteiger partial charge on any atom is 0.231 e. The van der Waals surface area contributed by atoms with Gasteiger partial charge in [-0.3, -0.25) is 4.90 Å². The van der Waals surface area contributed by atoms with Crippen molar-refractivity contribution in [3.05, 3.63) is 46.2 Å². The highest BCUT2D eigenvalue weighted by Gasteiger charge is 2.26. The first-order valence-corrected chi connectivity index (χ1v) is 8.17. The number of rotatable bonds is 3. The standard InChI is InChI=1S/C16H18N2O2S/c1-2-15(21-9-1)16(18-7-5-17-6-8-18)12-3-4-13-14(10-12)20-11-19-13/h1-4,9-10,16-17H,5-8,11H2/t16-/m1/s1. The van der Waals surface area contributed by atoms with Crippen LogP contribution >= 0.6 is 11.3 Å². The number of fused-ring (bicyclic) bond motifs is 1. The molecule has 21 heavy (non-hydrogen) atoms. The van der Waals surface area contributed by atoms with Gasteiger partial charge in [0.1, 0.15) is 0 Å². The van der Waals surface area contributed by atoms with Gasteiger partial charge in [0.15, 0.2) is 11.5 Å². The maximum absolute atomic E-state index is 5.54. The number of ether oxygens (including phenoxy) is 2. The molecule has 1 atom stereocenters. The Kier molecular flexibility index (Phi) is 3.55. The Morgan fingerprint density at radius 1 is 1.10 bits per heavy atom. The Labute approximate surface area is 128 Å². The quantitative estimate of drug-likeness (QED) is 0.944. The summed E-state index contributed by atoms with van der Waals surface area (Å²) in [5, 5.41) is 5.58. The van der Waals surface area contributed by atoms with Crippen molar-refractivity contribution in [2.24, 2.45) is 0 Å². The Morgan fingerprint density at radius 3 is 2.76 bits per heavy atom. The Balaban J connectivity index is 1.71. The van der Waals surface area contributed by atoms with E-state index in [2.05, 4.69) is 39.9 Å². The fourth-order valence-corrected chi connectivity index (χ4v) is 3.91. The van der Waals surface area contributed by atoms with E-state index in [9.17, 15) is 0 Å². The smallest absolute Gasteiger partial charge is 0.231 e. The molecule has 0 spiro atoms. The number of piperazine rings is 1. The highest BCUT2D eigenvalue weighted by molar-refractivity contribution is 7.10. The van der Waals surface area contributed by atoms with E-state index in [1.165, 1.54) is 10.4 Å². The maximum atomic E-state index is 5.54. The topological polar surface area (TPSA) is 33.7 Å². The highest BCUT2D eigenvalue weighted by Crippen LogP contribution is 2.38. The Morgan fingerprint density at radius 2 is 1.95 bits per heavy atom. The van der Waals surface area contributed by atoms with Gasteiger partial charge in [-0.05, 0) is 29.1 Å². The van der Waals surface area contributed by atoms with Crippen molar-refractivity contribution in [2.75, 3.05) is 33.0 Å². The third kappa shape index (κ3) is 2.52. The zero-order valence-corrected chi connectivity index (χ0v) is 12.6. The SMILES string of the molecule is c1csc([C@@H](c2ccc3c(c2)OCO3)N2CCNCC2)c1. The molecule has 2 aliphatic rings. The van der Waals surface area contributed by atoms with E-state index < -0.39 is 0 Å². The fourth-order valence-electron chi connectivity index (χ4n) is 3.03. The molecule has 0 radical (unpaired) electrons. The summed E-state index contributed by atoms with van der Waals surface area (Å²) in [5.41, 5.74) is 1.28. The monoisotopic (exact) mass is 302 g/mol. The lowest BCUT2D eigenvalue weighted by Gasteiger charge is -2.34. The minimum Gasteiger partial charge on any atom is -0.454 e. The van der Waals surface area contributed by atoms with Crippen LogP contribution in [0.2, 0.25) is 0 Å². The molecule has 3 heterocycles. The van der Waals surface area contributed by atoms with E-state index in [0.717, 1.165) is 37.7 Å². The van der Waals surface area contributed by atoms with Crippen LogP contribution in [0.25, 0.3) is 0 Å². The van der Waals surface area contributed by atoms with Crippen molar-refractivity contribution >= 4 is 11.3 Å². The molecule has 1 aromatic heterocycles. The van der Waals surface area contributed by atoms with E-state index >= 15 is 0 Å². The first-order valence-electron chi connectivity index (χ1n) is 7.29. The summed E-state index contributed by atoms with van der Waals surface area (Å²) in [7, 11) is 0. The first kappa shape index (κ1) is 13.1. The van der Waals surface area contributed by atoms with Crippen LogP contribution < -0.4 is 14.8 Å². The normalized spacial score (nSPS) is 19.6. The van der Waals surface area contributed by atoms with Crippen molar-refractivity contribution < 1.29 is 9.47 Å². The summed E-state index contributed by atoms with van der Waals surface area (Å²) in [6, 6.07) is 11.0. The van der Waals surface area contributed by atoms with Gasteiger partial charge in [-0.25, -0.2) is 0 Å². The van der Waals surface area contributed by atoms with Gasteiger partial charge >= 0.3 is 0 Å². The van der Waals surface area contributed by atoms with Crippen molar-refractivity contribution in [1.29, 1.82) is 0 Å². The van der Waals surface area contributed by atoms with Crippen LogP contribution in [0, 0.1) is 0 Å². The zero-order valence-electron chi connectivity index (χ0n) is 11.7. The molecule has 1 fully saturated rings. The van der Waals surface area contributed by atoms with Crippen molar-refractivity contribution in [3.8, 4) is 11.5 Å². The van der Waals surface area contributed by atoms with E-state index in [1.54, 1.807) is 0 Å². The lowest BCUT2D eigenvalue weighted by Crippen LogP contribution is -2.45. The van der Waals surface area contributed by atoms with Crippen molar-refractivity contribution in [2.45, 2.75) is 6.04 Å². The number of nitrogens with one attached hydrogen (secondary N) is 1. The van der Waals surface area contributed by atoms with Gasteiger partial charge in [0, 0.05) is 31.1 Å². The summed E-state index contributed by atoms with van der Waals surface area (Å²) >= 11 is 1.82. The molecule has 0 saturated carbocycles. The van der Waals surface area contributed by atoms with Gasteiger partial charge in [-0.2, -0.15) is 0 Å². The summed E-state index contributed by atoms with van der Waals surface area (Å²) in [6.07, 6.45) is 0. The van der Waals surface area contributed by atoms with Crippen LogP contribution in [0.15, 0.2) is 35.7 Å². The zero-order chi connectivity index (χ0) is 14.1. The molecule has 2 aromatic rings. The average Bonchev–Trinajstić information content (AvgIpc) is 3.19. The van der Waals surface area contributed by atoms with Gasteiger partial charge in [0.05, 0.1) is 6.04 Å². The number of hydrogen-bond donors (Lipinski definition) is 1. The molecule has 0 aliphatic carbocycles. The van der Waals surface area contributed by atoms with Crippen LogP contribution in [0.3, 0.4) is 0 Å². The Hall–Kier alpha value is -1.56. The van der Waals surface area contributed by atoms with Gasteiger partial charge < -0.3 is 14.8 Å². The minimum atomic E-state index is 0.307. The summed E-state index contributed by atoms with van der Waals surface area (Å²) < 4.78 is 11.0. The van der Waals surface area contributed by atoms with Crippen LogP contribution in [-0.2, 0) is 0 Å². The fraction of sp³-hybridized carbons (Fsp3) is 0.375. The van der Waals surface area contributed by atoms with Gasteiger partial charge in [-0.1, -0.05) is 12.1 Å². The van der Waals surface area contributed by atoms with E-state index in [1.807, 2.05) is 17.4 Å². The number of nitrogens with zero attached hydrogens (tertiary/aromatic N) is 1. The molecule has 1 saturated heterocycles. The second-order valence-corrected chi connectivity index (χ2v) is 6.30. The third-order valence-corrected chi connectivity index (χ3v) is 4.97. The first-order chi connectivity index (χ1) is 10.4. The van der Waals surface area contributed by atoms with E-state index in [0.29, 0.717) is 12.8 Å². The lowest BCUT2D eigenvalue weighted by molar-refractivity contribution is 0.173. The van der Waals surface area contributed by atoms with Crippen LogP contribution in [0.1, 0.15) is 16.5 Å². The second kappa shape index (κ2) is 5.67. The number of thiophene rings is 1. The third-order valence-electron chi connectivity index (χ3n) is 4.04. The molecular formula is C16H18N2O2S. The molecule has 110 valence electrons. The molecule has 2 aliphatic heterocycles. The summed E-state index contributed by atoms with van der Waals surface area (Å²) in [5.74, 6) is 1.72. The van der Waals surface area contributed by atoms with Crippen LogP contribution in [0.5, 0.6) is 11.5 Å². The molecule has 1 N–H and O–H groups in total. The van der Waals surface area contributed by atoms with Gasteiger partial charge in [0.25, 0.3) is 0 Å². The van der Waals surface area contributed by atoms with E-state index in [-0.39, 0.29) is 0 Å².